The molecule has 0 fully saturated rings. The van der Waals surface area contributed by atoms with E-state index in [1.165, 1.54) is 87.3 Å². The fourth-order valence-corrected chi connectivity index (χ4v) is 5.17. The third kappa shape index (κ3) is 12.1. The van der Waals surface area contributed by atoms with Crippen LogP contribution in [0.5, 0.6) is 5.75 Å². The van der Waals surface area contributed by atoms with Crippen molar-refractivity contribution in [3.05, 3.63) is 66.5 Å². The molecule has 1 atom stereocenters. The van der Waals surface area contributed by atoms with Gasteiger partial charge in [-0.15, -0.1) is 11.6 Å². The smallest absolute Gasteiger partial charge is 0.159 e. The van der Waals surface area contributed by atoms with Gasteiger partial charge in [-0.3, -0.25) is 0 Å². The summed E-state index contributed by atoms with van der Waals surface area (Å²) in [4.78, 5) is 9.06. The van der Waals surface area contributed by atoms with Crippen molar-refractivity contribution in [3.63, 3.8) is 0 Å². The van der Waals surface area contributed by atoms with Gasteiger partial charge in [-0.05, 0) is 42.4 Å². The molecule has 0 saturated heterocycles. The average Bonchev–Trinajstić information content (AvgIpc) is 2.98. The number of halogens is 1. The summed E-state index contributed by atoms with van der Waals surface area (Å²) in [6, 6.07) is 17.4. The highest BCUT2D eigenvalue weighted by atomic mass is 35.5. The fourth-order valence-electron chi connectivity index (χ4n) is 4.90. The Hall–Kier alpha value is -2.39. The predicted molar refractivity (Wildman–Crippen MR) is 168 cm³/mol. The minimum atomic E-state index is 0.284. The Morgan fingerprint density at radius 1 is 0.615 bits per heavy atom. The van der Waals surface area contributed by atoms with E-state index in [1.54, 1.807) is 12.4 Å². The highest BCUT2D eigenvalue weighted by molar-refractivity contribution is 6.20. The number of aryl methyl sites for hydroxylation is 1. The zero-order valence-electron chi connectivity index (χ0n) is 24.3. The number of ether oxygens (including phenoxy) is 1. The minimum absolute atomic E-state index is 0.284. The van der Waals surface area contributed by atoms with Gasteiger partial charge in [0.2, 0.25) is 0 Å². The van der Waals surface area contributed by atoms with Crippen LogP contribution in [0.25, 0.3) is 22.5 Å². The van der Waals surface area contributed by atoms with Crippen LogP contribution in [0.2, 0.25) is 0 Å². The Morgan fingerprint density at radius 2 is 1.13 bits per heavy atom. The molecule has 0 saturated carbocycles. The first-order chi connectivity index (χ1) is 19.2. The van der Waals surface area contributed by atoms with Gasteiger partial charge < -0.3 is 4.74 Å². The molecule has 39 heavy (non-hydrogen) atoms. The molecular formula is C35H49ClN2O. The van der Waals surface area contributed by atoms with Gasteiger partial charge in [-0.1, -0.05) is 133 Å². The van der Waals surface area contributed by atoms with E-state index in [2.05, 4.69) is 72.3 Å². The van der Waals surface area contributed by atoms with Gasteiger partial charge in [-0.2, -0.15) is 0 Å². The Kier molecular flexibility index (Phi) is 15.0. The quantitative estimate of drug-likeness (QED) is 0.104. The van der Waals surface area contributed by atoms with Crippen molar-refractivity contribution >= 4 is 11.6 Å². The van der Waals surface area contributed by atoms with Gasteiger partial charge in [0.05, 0.1) is 19.0 Å². The van der Waals surface area contributed by atoms with Crippen LogP contribution in [0.4, 0.5) is 0 Å². The summed E-state index contributed by atoms with van der Waals surface area (Å²) in [5.74, 6) is 1.47. The van der Waals surface area contributed by atoms with Crippen LogP contribution in [0.3, 0.4) is 0 Å². The van der Waals surface area contributed by atoms with Crippen LogP contribution in [0.1, 0.15) is 109 Å². The number of benzene rings is 2. The van der Waals surface area contributed by atoms with E-state index in [0.29, 0.717) is 0 Å². The summed E-state index contributed by atoms with van der Waals surface area (Å²) in [5.41, 5.74) is 4.78. The van der Waals surface area contributed by atoms with Gasteiger partial charge in [0, 0.05) is 10.9 Å². The van der Waals surface area contributed by atoms with E-state index in [1.807, 2.05) is 0 Å². The molecule has 0 amide bonds. The van der Waals surface area contributed by atoms with E-state index in [9.17, 15) is 0 Å². The van der Waals surface area contributed by atoms with Crippen molar-refractivity contribution in [1.29, 1.82) is 0 Å². The zero-order chi connectivity index (χ0) is 27.5. The van der Waals surface area contributed by atoms with Gasteiger partial charge >= 0.3 is 0 Å². The summed E-state index contributed by atoms with van der Waals surface area (Å²) in [6.45, 7) is 5.24. The van der Waals surface area contributed by atoms with Crippen molar-refractivity contribution < 1.29 is 4.74 Å². The lowest BCUT2D eigenvalue weighted by atomic mass is 9.99. The Morgan fingerprint density at radius 3 is 1.74 bits per heavy atom. The van der Waals surface area contributed by atoms with E-state index in [-0.39, 0.29) is 5.38 Å². The lowest BCUT2D eigenvalue weighted by Crippen LogP contribution is -2.01. The second-order valence-electron chi connectivity index (χ2n) is 10.8. The number of nitrogens with zero attached hydrogens (tertiary/aromatic N) is 2. The van der Waals surface area contributed by atoms with Gasteiger partial charge in [0.15, 0.2) is 11.6 Å². The standard InChI is InChI=1S/C35H49ClN2O/c1-3-5-7-9-10-12-14-26-39-34-27-37-35(38-28-34)32-23-21-31(22-24-32)30-19-16-29(17-20-30)18-25-33(36)15-13-11-8-6-4-2/h16-17,19-24,27-28,33H,3-15,18,25-26H2,1-2H3. The summed E-state index contributed by atoms with van der Waals surface area (Å²) in [6.07, 6.45) is 22.3. The topological polar surface area (TPSA) is 35.0 Å². The van der Waals surface area contributed by atoms with Crippen molar-refractivity contribution in [3.8, 4) is 28.3 Å². The summed E-state index contributed by atoms with van der Waals surface area (Å²) in [5, 5.41) is 0.284. The van der Waals surface area contributed by atoms with Crippen LogP contribution in [0, 0.1) is 0 Å². The minimum Gasteiger partial charge on any atom is -0.490 e. The van der Waals surface area contributed by atoms with Crippen LogP contribution in [0.15, 0.2) is 60.9 Å². The summed E-state index contributed by atoms with van der Waals surface area (Å²) in [7, 11) is 0. The molecule has 0 aliphatic heterocycles. The van der Waals surface area contributed by atoms with E-state index < -0.39 is 0 Å². The number of aromatic nitrogens is 2. The van der Waals surface area contributed by atoms with Crippen LogP contribution >= 0.6 is 11.6 Å². The fraction of sp³-hybridized carbons (Fsp3) is 0.543. The van der Waals surface area contributed by atoms with E-state index in [4.69, 9.17) is 16.3 Å². The first-order valence-electron chi connectivity index (χ1n) is 15.5. The second-order valence-corrected chi connectivity index (χ2v) is 11.4. The molecule has 0 aliphatic rings. The maximum atomic E-state index is 6.58. The van der Waals surface area contributed by atoms with E-state index >= 15 is 0 Å². The van der Waals surface area contributed by atoms with Crippen LogP contribution < -0.4 is 4.74 Å². The normalized spacial score (nSPS) is 12.0. The maximum absolute atomic E-state index is 6.58. The van der Waals surface area contributed by atoms with Crippen LogP contribution in [-0.4, -0.2) is 22.0 Å². The van der Waals surface area contributed by atoms with Crippen molar-refractivity contribution in [1.82, 2.24) is 9.97 Å². The number of hydrogen-bond acceptors (Lipinski definition) is 3. The first-order valence-corrected chi connectivity index (χ1v) is 15.9. The van der Waals surface area contributed by atoms with Crippen molar-refractivity contribution in [2.75, 3.05) is 6.61 Å². The molecular weight excluding hydrogens is 500 g/mol. The number of rotatable bonds is 20. The lowest BCUT2D eigenvalue weighted by molar-refractivity contribution is 0.302. The molecule has 3 nitrogen and oxygen atoms in total. The molecule has 1 heterocycles. The predicted octanol–water partition coefficient (Wildman–Crippen LogP) is 10.8. The highest BCUT2D eigenvalue weighted by Gasteiger charge is 2.07. The largest absolute Gasteiger partial charge is 0.490 e. The SMILES string of the molecule is CCCCCCCCCOc1cnc(-c2ccc(-c3ccc(CCC(Cl)CCCCCCC)cc3)cc2)nc1. The number of hydrogen-bond donors (Lipinski definition) is 0. The molecule has 212 valence electrons. The van der Waals surface area contributed by atoms with Crippen LogP contribution in [-0.2, 0) is 6.42 Å². The molecule has 0 radical (unpaired) electrons. The summed E-state index contributed by atoms with van der Waals surface area (Å²) >= 11 is 6.58. The number of unbranched alkanes of at least 4 members (excludes halogenated alkanes) is 10. The molecule has 4 heteroatoms. The zero-order valence-corrected chi connectivity index (χ0v) is 25.1. The molecule has 1 aromatic heterocycles. The van der Waals surface area contributed by atoms with Crippen molar-refractivity contribution in [2.24, 2.45) is 0 Å². The number of alkyl halides is 1. The molecule has 0 bridgehead atoms. The molecule has 0 N–H and O–H groups in total. The van der Waals surface area contributed by atoms with E-state index in [0.717, 1.165) is 49.4 Å². The van der Waals surface area contributed by atoms with Gasteiger partial charge in [0.1, 0.15) is 0 Å². The van der Waals surface area contributed by atoms with Crippen molar-refractivity contribution in [2.45, 2.75) is 116 Å². The Labute approximate surface area is 242 Å². The average molecular weight is 549 g/mol. The molecule has 0 aliphatic carbocycles. The second kappa shape index (κ2) is 18.8. The highest BCUT2D eigenvalue weighted by Crippen LogP contribution is 2.25. The molecule has 3 rings (SSSR count). The first kappa shape index (κ1) is 31.1. The molecule has 3 aromatic rings. The monoisotopic (exact) mass is 548 g/mol. The maximum Gasteiger partial charge on any atom is 0.159 e. The Balaban J connectivity index is 1.40. The molecule has 1 unspecified atom stereocenters. The lowest BCUT2D eigenvalue weighted by Gasteiger charge is -2.10. The molecule has 0 spiro atoms. The molecule has 2 aromatic carbocycles. The van der Waals surface area contributed by atoms with Gasteiger partial charge in [0.25, 0.3) is 0 Å². The Bertz CT molecular complexity index is 1020. The third-order valence-electron chi connectivity index (χ3n) is 7.44. The summed E-state index contributed by atoms with van der Waals surface area (Å²) < 4.78 is 5.84. The van der Waals surface area contributed by atoms with Gasteiger partial charge in [-0.25, -0.2) is 9.97 Å². The third-order valence-corrected chi connectivity index (χ3v) is 7.88.